The van der Waals surface area contributed by atoms with Crippen LogP contribution in [0.3, 0.4) is 0 Å². The number of benzene rings is 2. The minimum atomic E-state index is -0.779. The Balaban J connectivity index is 1.72. The molecule has 2 heterocycles. The lowest BCUT2D eigenvalue weighted by Gasteiger charge is -2.25. The van der Waals surface area contributed by atoms with E-state index in [1.54, 1.807) is 74.1 Å². The number of hydrogen-bond donors (Lipinski definition) is 1. The molecular weight excluding hydrogens is 456 g/mol. The highest BCUT2D eigenvalue weighted by Crippen LogP contribution is 2.41. The number of rotatable bonds is 10. The molecule has 36 heavy (non-hydrogen) atoms. The Morgan fingerprint density at radius 2 is 1.75 bits per heavy atom. The Hall–Kier alpha value is -4.13. The first-order valence-corrected chi connectivity index (χ1v) is 12.1. The molecule has 1 aromatic heterocycles. The van der Waals surface area contributed by atoms with Gasteiger partial charge >= 0.3 is 0 Å². The van der Waals surface area contributed by atoms with E-state index in [2.05, 4.69) is 11.9 Å². The third kappa shape index (κ3) is 5.40. The monoisotopic (exact) mass is 486 g/mol. The van der Waals surface area contributed by atoms with Gasteiger partial charge in [-0.1, -0.05) is 31.9 Å². The maximum absolute atomic E-state index is 13.3. The highest BCUT2D eigenvalue weighted by Gasteiger charge is 2.46. The molecule has 0 saturated carbocycles. The minimum absolute atomic E-state index is 0.0407. The second-order valence-electron chi connectivity index (χ2n) is 8.64. The lowest BCUT2D eigenvalue weighted by molar-refractivity contribution is -0.140. The van der Waals surface area contributed by atoms with E-state index in [1.807, 2.05) is 6.07 Å². The molecule has 1 aliphatic rings. The van der Waals surface area contributed by atoms with E-state index in [1.165, 1.54) is 4.90 Å². The van der Waals surface area contributed by atoms with Crippen LogP contribution in [0.25, 0.3) is 5.76 Å². The zero-order valence-electron chi connectivity index (χ0n) is 20.5. The van der Waals surface area contributed by atoms with E-state index in [-0.39, 0.29) is 17.9 Å². The molecule has 186 valence electrons. The number of nitrogens with zero attached hydrogens (tertiary/aromatic N) is 2. The van der Waals surface area contributed by atoms with Crippen LogP contribution in [0.2, 0.25) is 0 Å². The number of aromatic nitrogens is 1. The zero-order chi connectivity index (χ0) is 25.5. The summed E-state index contributed by atoms with van der Waals surface area (Å²) in [6.45, 7) is 2.95. The highest BCUT2D eigenvalue weighted by molar-refractivity contribution is 6.46. The summed E-state index contributed by atoms with van der Waals surface area (Å²) in [7, 11) is 1.55. The maximum Gasteiger partial charge on any atom is 0.295 e. The van der Waals surface area contributed by atoms with Crippen molar-refractivity contribution in [3.05, 3.63) is 95.3 Å². The van der Waals surface area contributed by atoms with Crippen molar-refractivity contribution >= 4 is 17.4 Å². The van der Waals surface area contributed by atoms with Gasteiger partial charge in [0.25, 0.3) is 11.7 Å². The summed E-state index contributed by atoms with van der Waals surface area (Å²) in [5, 5.41) is 11.3. The second kappa shape index (κ2) is 11.5. The average molecular weight is 487 g/mol. The molecule has 1 saturated heterocycles. The van der Waals surface area contributed by atoms with Crippen LogP contribution in [-0.4, -0.2) is 40.4 Å². The average Bonchev–Trinajstić information content (AvgIpc) is 3.16. The smallest absolute Gasteiger partial charge is 0.295 e. The number of methoxy groups -OCH3 is 1. The number of unbranched alkanes of at least 4 members (excludes halogenated alkanes) is 2. The Morgan fingerprint density at radius 3 is 2.44 bits per heavy atom. The Labute approximate surface area is 211 Å². The molecule has 7 nitrogen and oxygen atoms in total. The van der Waals surface area contributed by atoms with Crippen LogP contribution in [0.15, 0.2) is 78.6 Å². The molecule has 1 N–H and O–H groups in total. The van der Waals surface area contributed by atoms with Crippen LogP contribution in [0.5, 0.6) is 11.5 Å². The molecular formula is C29H30N2O5. The molecule has 1 atom stereocenters. The first kappa shape index (κ1) is 25.0. The van der Waals surface area contributed by atoms with Crippen molar-refractivity contribution in [2.75, 3.05) is 13.7 Å². The second-order valence-corrected chi connectivity index (χ2v) is 8.64. The number of amides is 1. The van der Waals surface area contributed by atoms with Crippen molar-refractivity contribution in [2.24, 2.45) is 0 Å². The summed E-state index contributed by atoms with van der Waals surface area (Å²) in [5.41, 5.74) is 1.97. The number of carbonyl (C=O) groups is 2. The van der Waals surface area contributed by atoms with Gasteiger partial charge in [-0.2, -0.15) is 0 Å². The standard InChI is InChI=1S/C29H30N2O5/c1-3-4-5-17-36-23-11-9-21(10-12-23)27(32)25-26(22-7-6-8-24(18-22)35-2)31(29(34)28(25)33)19-20-13-15-30-16-14-20/h6-16,18,26,32H,3-5,17,19H2,1-2H3/b27-25-. The minimum Gasteiger partial charge on any atom is -0.507 e. The van der Waals surface area contributed by atoms with Crippen LogP contribution in [0, 0.1) is 0 Å². The van der Waals surface area contributed by atoms with Crippen molar-refractivity contribution in [1.82, 2.24) is 9.88 Å². The normalized spacial score (nSPS) is 16.8. The molecule has 0 bridgehead atoms. The molecule has 0 radical (unpaired) electrons. The van der Waals surface area contributed by atoms with Gasteiger partial charge < -0.3 is 19.5 Å². The molecule has 0 spiro atoms. The molecule has 1 fully saturated rings. The summed E-state index contributed by atoms with van der Waals surface area (Å²) >= 11 is 0. The van der Waals surface area contributed by atoms with Crippen molar-refractivity contribution in [2.45, 2.75) is 38.8 Å². The van der Waals surface area contributed by atoms with E-state index in [0.717, 1.165) is 24.8 Å². The van der Waals surface area contributed by atoms with Crippen LogP contribution < -0.4 is 9.47 Å². The van der Waals surface area contributed by atoms with Crippen LogP contribution >= 0.6 is 0 Å². The van der Waals surface area contributed by atoms with E-state index in [0.29, 0.717) is 29.2 Å². The Morgan fingerprint density at radius 1 is 1.00 bits per heavy atom. The number of ketones is 1. The van der Waals surface area contributed by atoms with Gasteiger partial charge in [-0.3, -0.25) is 14.6 Å². The van der Waals surface area contributed by atoms with Gasteiger partial charge in [-0.05, 0) is 66.1 Å². The zero-order valence-corrected chi connectivity index (χ0v) is 20.5. The number of aliphatic hydroxyl groups is 1. The van der Waals surface area contributed by atoms with Gasteiger partial charge in [-0.15, -0.1) is 0 Å². The molecule has 3 aromatic rings. The van der Waals surface area contributed by atoms with Gasteiger partial charge in [0.2, 0.25) is 0 Å². The largest absolute Gasteiger partial charge is 0.507 e. The number of pyridine rings is 1. The van der Waals surface area contributed by atoms with E-state index in [4.69, 9.17) is 9.47 Å². The SMILES string of the molecule is CCCCCOc1ccc(/C(O)=C2/C(=O)C(=O)N(Cc3ccncc3)C2c2cccc(OC)c2)cc1. The van der Waals surface area contributed by atoms with Crippen LogP contribution in [0.4, 0.5) is 0 Å². The van der Waals surface area contributed by atoms with Crippen molar-refractivity contribution in [3.63, 3.8) is 0 Å². The fourth-order valence-corrected chi connectivity index (χ4v) is 4.29. The molecule has 1 amide bonds. The highest BCUT2D eigenvalue weighted by atomic mass is 16.5. The van der Waals surface area contributed by atoms with Crippen molar-refractivity contribution in [1.29, 1.82) is 0 Å². The first-order valence-electron chi connectivity index (χ1n) is 12.1. The number of hydrogen-bond acceptors (Lipinski definition) is 6. The molecule has 4 rings (SSSR count). The summed E-state index contributed by atoms with van der Waals surface area (Å²) in [5.74, 6) is -0.348. The number of ether oxygens (including phenoxy) is 2. The Bertz CT molecular complexity index is 1240. The lowest BCUT2D eigenvalue weighted by atomic mass is 9.95. The summed E-state index contributed by atoms with van der Waals surface area (Å²) in [6.07, 6.45) is 6.46. The third-order valence-electron chi connectivity index (χ3n) is 6.20. The lowest BCUT2D eigenvalue weighted by Crippen LogP contribution is -2.29. The number of carbonyl (C=O) groups excluding carboxylic acids is 2. The molecule has 2 aromatic carbocycles. The predicted molar refractivity (Wildman–Crippen MR) is 137 cm³/mol. The third-order valence-corrected chi connectivity index (χ3v) is 6.20. The Kier molecular flexibility index (Phi) is 8.00. The molecule has 0 aliphatic carbocycles. The maximum atomic E-state index is 13.3. The quantitative estimate of drug-likeness (QED) is 0.182. The first-order chi connectivity index (χ1) is 17.5. The van der Waals surface area contributed by atoms with E-state index >= 15 is 0 Å². The summed E-state index contributed by atoms with van der Waals surface area (Å²) < 4.78 is 11.1. The summed E-state index contributed by atoms with van der Waals surface area (Å²) in [4.78, 5) is 31.9. The topological polar surface area (TPSA) is 89.0 Å². The van der Waals surface area contributed by atoms with E-state index < -0.39 is 17.7 Å². The molecule has 1 unspecified atom stereocenters. The molecule has 1 aliphatic heterocycles. The van der Waals surface area contributed by atoms with Gasteiger partial charge in [0.1, 0.15) is 17.3 Å². The van der Waals surface area contributed by atoms with Gasteiger partial charge in [0.15, 0.2) is 0 Å². The number of Topliss-reactive ketones (excluding diaryl/α,β-unsaturated/α-hetero) is 1. The van der Waals surface area contributed by atoms with Gasteiger partial charge in [-0.25, -0.2) is 0 Å². The van der Waals surface area contributed by atoms with E-state index in [9.17, 15) is 14.7 Å². The summed E-state index contributed by atoms with van der Waals surface area (Å²) in [6, 6.07) is 16.9. The van der Waals surface area contributed by atoms with Crippen molar-refractivity contribution < 1.29 is 24.2 Å². The van der Waals surface area contributed by atoms with Crippen molar-refractivity contribution in [3.8, 4) is 11.5 Å². The fraction of sp³-hybridized carbons (Fsp3) is 0.276. The van der Waals surface area contributed by atoms with Gasteiger partial charge in [0.05, 0.1) is 25.3 Å². The fourth-order valence-electron chi connectivity index (χ4n) is 4.29. The predicted octanol–water partition coefficient (Wildman–Crippen LogP) is 5.28. The molecule has 7 heteroatoms. The van der Waals surface area contributed by atoms with Crippen LogP contribution in [0.1, 0.15) is 48.9 Å². The van der Waals surface area contributed by atoms with Gasteiger partial charge in [0, 0.05) is 24.5 Å². The number of likely N-dealkylation sites (tertiary alicyclic amines) is 1. The number of aliphatic hydroxyl groups excluding tert-OH is 1. The van der Waals surface area contributed by atoms with Crippen LogP contribution in [-0.2, 0) is 16.1 Å².